The number of hydrogen-bond acceptors (Lipinski definition) is 2. The second kappa shape index (κ2) is 8.78. The summed E-state index contributed by atoms with van der Waals surface area (Å²) in [6, 6.07) is 3.91. The molecule has 0 heterocycles. The van der Waals surface area contributed by atoms with Crippen LogP contribution in [0.4, 0.5) is 0 Å². The number of alkyl halides is 1. The topological polar surface area (TPSA) is 18.5 Å². The molecular weight excluding hydrogens is 340 g/mol. The molecule has 4 heteroatoms. The van der Waals surface area contributed by atoms with E-state index in [-0.39, 0.29) is 5.38 Å². The molecule has 114 valence electrons. The van der Waals surface area contributed by atoms with Crippen molar-refractivity contribution in [1.29, 1.82) is 0 Å². The molecule has 0 aliphatic rings. The molecule has 0 N–H and O–H groups in total. The van der Waals surface area contributed by atoms with E-state index in [2.05, 4.69) is 29.8 Å². The summed E-state index contributed by atoms with van der Waals surface area (Å²) >= 11 is 10.3. The van der Waals surface area contributed by atoms with Gasteiger partial charge in [-0.2, -0.15) is 0 Å². The van der Waals surface area contributed by atoms with E-state index in [1.54, 1.807) is 14.2 Å². The molecule has 20 heavy (non-hydrogen) atoms. The quantitative estimate of drug-likeness (QED) is 0.530. The molecule has 0 bridgehead atoms. The van der Waals surface area contributed by atoms with Crippen molar-refractivity contribution in [1.82, 2.24) is 0 Å². The van der Waals surface area contributed by atoms with Gasteiger partial charge < -0.3 is 9.47 Å². The Morgan fingerprint density at radius 1 is 1.15 bits per heavy atom. The Morgan fingerprint density at radius 2 is 1.75 bits per heavy atom. The van der Waals surface area contributed by atoms with Crippen LogP contribution in [-0.2, 0) is 0 Å². The van der Waals surface area contributed by atoms with Crippen molar-refractivity contribution >= 4 is 27.5 Å². The van der Waals surface area contributed by atoms with Crippen LogP contribution in [-0.4, -0.2) is 14.2 Å². The maximum absolute atomic E-state index is 6.71. The van der Waals surface area contributed by atoms with Crippen molar-refractivity contribution in [2.45, 2.75) is 44.9 Å². The molecule has 0 spiro atoms. The van der Waals surface area contributed by atoms with Crippen molar-refractivity contribution in [3.8, 4) is 11.5 Å². The second-order valence-electron chi connectivity index (χ2n) is 4.94. The van der Waals surface area contributed by atoms with E-state index < -0.39 is 0 Å². The lowest BCUT2D eigenvalue weighted by Crippen LogP contribution is -2.08. The minimum atomic E-state index is -0.0132. The zero-order valence-corrected chi connectivity index (χ0v) is 15.1. The number of methoxy groups -OCH3 is 2. The average molecular weight is 364 g/mol. The average Bonchev–Trinajstić information content (AvgIpc) is 2.47. The van der Waals surface area contributed by atoms with Gasteiger partial charge in [-0.05, 0) is 30.0 Å². The van der Waals surface area contributed by atoms with E-state index in [0.717, 1.165) is 28.6 Å². The third kappa shape index (κ3) is 4.29. The molecule has 1 aromatic carbocycles. The molecular formula is C16H24BrClO2. The van der Waals surface area contributed by atoms with Crippen molar-refractivity contribution < 1.29 is 9.47 Å². The van der Waals surface area contributed by atoms with Crippen LogP contribution in [0, 0.1) is 5.92 Å². The highest BCUT2D eigenvalue weighted by Gasteiger charge is 2.23. The van der Waals surface area contributed by atoms with Crippen molar-refractivity contribution in [3.63, 3.8) is 0 Å². The molecule has 0 fully saturated rings. The SMILES string of the molecule is CCCCC(CC)C(Cl)c1cc(OC)c(OC)cc1Br. The summed E-state index contributed by atoms with van der Waals surface area (Å²) in [5, 5.41) is -0.0132. The molecule has 0 saturated heterocycles. The first-order valence-corrected chi connectivity index (χ1v) is 8.37. The standard InChI is InChI=1S/C16H24BrClO2/c1-5-7-8-11(6-2)16(18)12-9-14(19-3)15(20-4)10-13(12)17/h9-11,16H,5-8H2,1-4H3. The van der Waals surface area contributed by atoms with Gasteiger partial charge in [-0.1, -0.05) is 49.0 Å². The van der Waals surface area contributed by atoms with Crippen molar-refractivity contribution in [2.24, 2.45) is 5.92 Å². The summed E-state index contributed by atoms with van der Waals surface area (Å²) in [5.41, 5.74) is 1.08. The highest BCUT2D eigenvalue weighted by Crippen LogP contribution is 2.42. The van der Waals surface area contributed by atoms with Crippen molar-refractivity contribution in [2.75, 3.05) is 14.2 Å². The summed E-state index contributed by atoms with van der Waals surface area (Å²) in [7, 11) is 3.28. The summed E-state index contributed by atoms with van der Waals surface area (Å²) in [6.07, 6.45) is 4.65. The smallest absolute Gasteiger partial charge is 0.161 e. The first kappa shape index (κ1) is 17.6. The Morgan fingerprint density at radius 3 is 2.25 bits per heavy atom. The van der Waals surface area contributed by atoms with Gasteiger partial charge in [0.05, 0.1) is 19.6 Å². The monoisotopic (exact) mass is 362 g/mol. The molecule has 0 radical (unpaired) electrons. The minimum Gasteiger partial charge on any atom is -0.493 e. The van der Waals surface area contributed by atoms with E-state index in [1.807, 2.05) is 12.1 Å². The van der Waals surface area contributed by atoms with Gasteiger partial charge in [0.25, 0.3) is 0 Å². The maximum Gasteiger partial charge on any atom is 0.161 e. The highest BCUT2D eigenvalue weighted by atomic mass is 79.9. The predicted molar refractivity (Wildman–Crippen MR) is 89.1 cm³/mol. The Bertz CT molecular complexity index is 423. The van der Waals surface area contributed by atoms with Crippen LogP contribution in [0.2, 0.25) is 0 Å². The molecule has 0 saturated carbocycles. The van der Waals surface area contributed by atoms with Gasteiger partial charge in [-0.15, -0.1) is 11.6 Å². The fraction of sp³-hybridized carbons (Fsp3) is 0.625. The molecule has 0 aliphatic carbocycles. The Labute approximate surface area is 135 Å². The van der Waals surface area contributed by atoms with Crippen LogP contribution in [0.15, 0.2) is 16.6 Å². The summed E-state index contributed by atoms with van der Waals surface area (Å²) in [4.78, 5) is 0. The van der Waals surface area contributed by atoms with Crippen LogP contribution in [0.3, 0.4) is 0 Å². The Hall–Kier alpha value is -0.410. The summed E-state index contributed by atoms with van der Waals surface area (Å²) < 4.78 is 11.7. The summed E-state index contributed by atoms with van der Waals surface area (Å²) in [6.45, 7) is 4.41. The number of halogens is 2. The van der Waals surface area contributed by atoms with Crippen LogP contribution in [0.1, 0.15) is 50.5 Å². The van der Waals surface area contributed by atoms with Gasteiger partial charge in [0.2, 0.25) is 0 Å². The van der Waals surface area contributed by atoms with Gasteiger partial charge >= 0.3 is 0 Å². The van der Waals surface area contributed by atoms with Gasteiger partial charge in [0, 0.05) is 4.47 Å². The maximum atomic E-state index is 6.71. The molecule has 0 amide bonds. The lowest BCUT2D eigenvalue weighted by molar-refractivity contribution is 0.353. The van der Waals surface area contributed by atoms with Crippen LogP contribution < -0.4 is 9.47 Å². The number of benzene rings is 1. The predicted octanol–water partition coefficient (Wildman–Crippen LogP) is 5.96. The molecule has 2 atom stereocenters. The van der Waals surface area contributed by atoms with Gasteiger partial charge in [0.1, 0.15) is 0 Å². The van der Waals surface area contributed by atoms with Crippen molar-refractivity contribution in [3.05, 3.63) is 22.2 Å². The molecule has 1 aromatic rings. The van der Waals surface area contributed by atoms with E-state index in [9.17, 15) is 0 Å². The third-order valence-corrected chi connectivity index (χ3v) is 4.94. The number of ether oxygens (including phenoxy) is 2. The van der Waals surface area contributed by atoms with Crippen LogP contribution in [0.5, 0.6) is 11.5 Å². The molecule has 0 aromatic heterocycles. The van der Waals surface area contributed by atoms with Gasteiger partial charge in [0.15, 0.2) is 11.5 Å². The van der Waals surface area contributed by atoms with Gasteiger partial charge in [-0.25, -0.2) is 0 Å². The number of hydrogen-bond donors (Lipinski definition) is 0. The van der Waals surface area contributed by atoms with E-state index in [1.165, 1.54) is 12.8 Å². The van der Waals surface area contributed by atoms with Crippen LogP contribution >= 0.6 is 27.5 Å². The van der Waals surface area contributed by atoms with Gasteiger partial charge in [-0.3, -0.25) is 0 Å². The third-order valence-electron chi connectivity index (χ3n) is 3.67. The lowest BCUT2D eigenvalue weighted by atomic mass is 9.91. The van der Waals surface area contributed by atoms with E-state index in [0.29, 0.717) is 11.7 Å². The molecule has 1 rings (SSSR count). The first-order valence-electron chi connectivity index (χ1n) is 7.14. The van der Waals surface area contributed by atoms with E-state index in [4.69, 9.17) is 21.1 Å². The Balaban J connectivity index is 3.04. The number of rotatable bonds is 8. The second-order valence-corrected chi connectivity index (χ2v) is 6.27. The molecule has 0 aliphatic heterocycles. The van der Waals surface area contributed by atoms with E-state index >= 15 is 0 Å². The van der Waals surface area contributed by atoms with Crippen LogP contribution in [0.25, 0.3) is 0 Å². The lowest BCUT2D eigenvalue weighted by Gasteiger charge is -2.23. The molecule has 2 unspecified atom stereocenters. The normalized spacial score (nSPS) is 13.9. The fourth-order valence-electron chi connectivity index (χ4n) is 2.36. The zero-order chi connectivity index (χ0) is 15.1. The number of unbranched alkanes of at least 4 members (excludes halogenated alkanes) is 1. The first-order chi connectivity index (χ1) is 9.58. The minimum absolute atomic E-state index is 0.0132. The zero-order valence-electron chi connectivity index (χ0n) is 12.7. The largest absolute Gasteiger partial charge is 0.493 e. The fourth-order valence-corrected chi connectivity index (χ4v) is 3.54. The molecule has 2 nitrogen and oxygen atoms in total. The summed E-state index contributed by atoms with van der Waals surface area (Å²) in [5.74, 6) is 1.92. The Kier molecular flexibility index (Phi) is 7.75. The highest BCUT2D eigenvalue weighted by molar-refractivity contribution is 9.10.